The van der Waals surface area contributed by atoms with E-state index in [1.165, 1.54) is 22.9 Å². The third kappa shape index (κ3) is 3.36. The van der Waals surface area contributed by atoms with Crippen molar-refractivity contribution in [1.29, 1.82) is 0 Å². The molecule has 1 saturated heterocycles. The van der Waals surface area contributed by atoms with Gasteiger partial charge in [-0.15, -0.1) is 0 Å². The molecule has 2 unspecified atom stereocenters. The number of fused-ring (bicyclic) bond motifs is 1. The molecule has 1 aromatic carbocycles. The smallest absolute Gasteiger partial charge is 0.296 e. The fourth-order valence-electron chi connectivity index (χ4n) is 3.37. The van der Waals surface area contributed by atoms with Gasteiger partial charge in [0, 0.05) is 30.1 Å². The van der Waals surface area contributed by atoms with Crippen molar-refractivity contribution in [1.82, 2.24) is 19.7 Å². The number of anilines is 1. The van der Waals surface area contributed by atoms with Crippen LogP contribution in [0.25, 0.3) is 22.4 Å². The van der Waals surface area contributed by atoms with E-state index in [2.05, 4.69) is 20.4 Å². The van der Waals surface area contributed by atoms with Gasteiger partial charge < -0.3 is 14.5 Å². The van der Waals surface area contributed by atoms with Crippen molar-refractivity contribution in [2.75, 3.05) is 18.5 Å². The first-order valence-electron chi connectivity index (χ1n) is 9.08. The molecular formula is C20H16FN5O3. The van der Waals surface area contributed by atoms with Gasteiger partial charge in [-0.2, -0.15) is 10.1 Å². The van der Waals surface area contributed by atoms with Crippen LogP contribution in [0, 0.1) is 5.82 Å². The minimum Gasteiger partial charge on any atom is -0.423 e. The van der Waals surface area contributed by atoms with E-state index in [-0.39, 0.29) is 23.7 Å². The number of aromatic nitrogens is 4. The summed E-state index contributed by atoms with van der Waals surface area (Å²) in [6.07, 6.45) is 3.37. The van der Waals surface area contributed by atoms with Gasteiger partial charge in [-0.3, -0.25) is 9.78 Å². The van der Waals surface area contributed by atoms with E-state index >= 15 is 0 Å². The molecule has 9 heteroatoms. The first kappa shape index (κ1) is 17.5. The molecule has 0 amide bonds. The predicted molar refractivity (Wildman–Crippen MR) is 103 cm³/mol. The summed E-state index contributed by atoms with van der Waals surface area (Å²) in [5, 5.41) is 7.66. The van der Waals surface area contributed by atoms with Gasteiger partial charge in [-0.25, -0.2) is 9.07 Å². The number of benzene rings is 1. The van der Waals surface area contributed by atoms with Crippen LogP contribution < -0.4 is 10.9 Å². The van der Waals surface area contributed by atoms with E-state index in [4.69, 9.17) is 9.15 Å². The van der Waals surface area contributed by atoms with Gasteiger partial charge in [0.2, 0.25) is 0 Å². The van der Waals surface area contributed by atoms with E-state index in [0.717, 1.165) is 5.56 Å². The summed E-state index contributed by atoms with van der Waals surface area (Å²) in [5.74, 6) is -0.398. The van der Waals surface area contributed by atoms with Crippen LogP contribution in [0.2, 0.25) is 0 Å². The second-order valence-electron chi connectivity index (χ2n) is 6.73. The highest BCUT2D eigenvalue weighted by atomic mass is 19.1. The first-order valence-corrected chi connectivity index (χ1v) is 9.08. The second-order valence-corrected chi connectivity index (χ2v) is 6.73. The maximum absolute atomic E-state index is 13.4. The number of halogens is 1. The van der Waals surface area contributed by atoms with Crippen LogP contribution in [-0.2, 0) is 4.74 Å². The van der Waals surface area contributed by atoms with Gasteiger partial charge in [0.25, 0.3) is 11.6 Å². The van der Waals surface area contributed by atoms with Crippen LogP contribution >= 0.6 is 0 Å². The van der Waals surface area contributed by atoms with Crippen LogP contribution in [-0.4, -0.2) is 39.0 Å². The SMILES string of the molecule is O=c1ccc(-c2cccnc2)nn1C1COCC1Nc1nc2ccc(F)cc2o1. The standard InChI is InChI=1S/C20H16FN5O3/c21-13-3-4-15-18(8-13)29-20(23-15)24-16-10-28-11-17(16)26-19(27)6-5-14(25-26)12-2-1-7-22-9-12/h1-9,16-17H,10-11H2,(H,23,24). The predicted octanol–water partition coefficient (Wildman–Crippen LogP) is 2.64. The fraction of sp³-hybridized carbons (Fsp3) is 0.200. The number of rotatable bonds is 4. The Bertz CT molecular complexity index is 1220. The van der Waals surface area contributed by atoms with Crippen molar-refractivity contribution in [2.24, 2.45) is 0 Å². The van der Waals surface area contributed by atoms with Crippen molar-refractivity contribution in [3.63, 3.8) is 0 Å². The largest absolute Gasteiger partial charge is 0.423 e. The number of nitrogens with zero attached hydrogens (tertiary/aromatic N) is 4. The molecular weight excluding hydrogens is 377 g/mol. The first-order chi connectivity index (χ1) is 14.2. The maximum Gasteiger partial charge on any atom is 0.296 e. The Balaban J connectivity index is 1.45. The van der Waals surface area contributed by atoms with Crippen molar-refractivity contribution in [3.05, 3.63) is 71.0 Å². The molecule has 5 rings (SSSR count). The molecule has 0 aliphatic carbocycles. The van der Waals surface area contributed by atoms with Gasteiger partial charge in [0.1, 0.15) is 17.4 Å². The van der Waals surface area contributed by atoms with Gasteiger partial charge in [0.05, 0.1) is 24.9 Å². The van der Waals surface area contributed by atoms with E-state index in [0.29, 0.717) is 30.0 Å². The van der Waals surface area contributed by atoms with Gasteiger partial charge >= 0.3 is 0 Å². The fourth-order valence-corrected chi connectivity index (χ4v) is 3.37. The summed E-state index contributed by atoms with van der Waals surface area (Å²) in [4.78, 5) is 20.9. The van der Waals surface area contributed by atoms with E-state index < -0.39 is 5.82 Å². The molecule has 1 fully saturated rings. The van der Waals surface area contributed by atoms with Crippen LogP contribution in [0.4, 0.5) is 10.4 Å². The van der Waals surface area contributed by atoms with Crippen LogP contribution in [0.5, 0.6) is 0 Å². The topological polar surface area (TPSA) is 95.1 Å². The lowest BCUT2D eigenvalue weighted by Gasteiger charge is -2.19. The lowest BCUT2D eigenvalue weighted by Crippen LogP contribution is -2.37. The van der Waals surface area contributed by atoms with E-state index in [1.54, 1.807) is 24.5 Å². The van der Waals surface area contributed by atoms with Gasteiger partial charge in [0.15, 0.2) is 5.58 Å². The Kier molecular flexibility index (Phi) is 4.28. The molecule has 0 bridgehead atoms. The molecule has 1 aliphatic heterocycles. The zero-order valence-corrected chi connectivity index (χ0v) is 15.2. The highest BCUT2D eigenvalue weighted by Crippen LogP contribution is 2.25. The number of nitrogens with one attached hydrogen (secondary N) is 1. The van der Waals surface area contributed by atoms with Gasteiger partial charge in [-0.05, 0) is 30.3 Å². The van der Waals surface area contributed by atoms with Crippen LogP contribution in [0.15, 0.2) is 64.1 Å². The minimum atomic E-state index is -0.398. The number of hydrogen-bond acceptors (Lipinski definition) is 7. The van der Waals surface area contributed by atoms with Crippen LogP contribution in [0.3, 0.4) is 0 Å². The quantitative estimate of drug-likeness (QED) is 0.569. The average molecular weight is 393 g/mol. The highest BCUT2D eigenvalue weighted by Gasteiger charge is 2.32. The van der Waals surface area contributed by atoms with Crippen molar-refractivity contribution >= 4 is 17.1 Å². The van der Waals surface area contributed by atoms with E-state index in [1.807, 2.05) is 12.1 Å². The molecule has 2 atom stereocenters. The molecule has 29 heavy (non-hydrogen) atoms. The highest BCUT2D eigenvalue weighted by molar-refractivity contribution is 5.74. The van der Waals surface area contributed by atoms with E-state index in [9.17, 15) is 9.18 Å². The molecule has 146 valence electrons. The molecule has 3 aromatic heterocycles. The monoisotopic (exact) mass is 393 g/mol. The zero-order valence-electron chi connectivity index (χ0n) is 15.2. The Morgan fingerprint density at radius 1 is 1.17 bits per heavy atom. The Morgan fingerprint density at radius 3 is 2.97 bits per heavy atom. The van der Waals surface area contributed by atoms with Crippen molar-refractivity contribution in [2.45, 2.75) is 12.1 Å². The molecule has 1 N–H and O–H groups in total. The Hall–Kier alpha value is -3.59. The normalized spacial score (nSPS) is 18.9. The molecule has 1 aliphatic rings. The second kappa shape index (κ2) is 7.10. The lowest BCUT2D eigenvalue weighted by atomic mass is 10.1. The van der Waals surface area contributed by atoms with Crippen molar-refractivity contribution < 1.29 is 13.5 Å². The molecule has 0 radical (unpaired) electrons. The Labute approximate surface area is 164 Å². The van der Waals surface area contributed by atoms with Crippen LogP contribution in [0.1, 0.15) is 6.04 Å². The number of hydrogen-bond donors (Lipinski definition) is 1. The molecule has 4 heterocycles. The molecule has 0 spiro atoms. The molecule has 0 saturated carbocycles. The third-order valence-electron chi connectivity index (χ3n) is 4.81. The zero-order chi connectivity index (χ0) is 19.8. The average Bonchev–Trinajstić information content (AvgIpc) is 3.35. The number of pyridine rings is 1. The summed E-state index contributed by atoms with van der Waals surface area (Å²) < 4.78 is 26.0. The van der Waals surface area contributed by atoms with Crippen molar-refractivity contribution in [3.8, 4) is 11.3 Å². The van der Waals surface area contributed by atoms with Gasteiger partial charge in [-0.1, -0.05) is 0 Å². The maximum atomic E-state index is 13.4. The number of ether oxygens (including phenoxy) is 1. The summed E-state index contributed by atoms with van der Waals surface area (Å²) in [6, 6.07) is 10.6. The molecule has 8 nitrogen and oxygen atoms in total. The third-order valence-corrected chi connectivity index (χ3v) is 4.81. The minimum absolute atomic E-state index is 0.237. The lowest BCUT2D eigenvalue weighted by molar-refractivity contribution is 0.182. The summed E-state index contributed by atoms with van der Waals surface area (Å²) in [6.45, 7) is 0.666. The molecule has 4 aromatic rings. The summed E-state index contributed by atoms with van der Waals surface area (Å²) >= 11 is 0. The summed E-state index contributed by atoms with van der Waals surface area (Å²) in [7, 11) is 0. The number of oxazole rings is 1. The summed E-state index contributed by atoms with van der Waals surface area (Å²) in [5.41, 5.74) is 2.10. The Morgan fingerprint density at radius 2 is 2.10 bits per heavy atom.